The number of hydrogen-bond donors (Lipinski definition) is 3. The number of carboxylic acid groups (broad SMARTS) is 1. The molecule has 1 rings (SSSR count). The van der Waals surface area contributed by atoms with E-state index in [1.807, 2.05) is 0 Å². The van der Waals surface area contributed by atoms with Gasteiger partial charge in [0.1, 0.15) is 0 Å². The lowest BCUT2D eigenvalue weighted by Crippen LogP contribution is -2.34. The second-order valence-electron chi connectivity index (χ2n) is 2.12. The molecule has 0 radical (unpaired) electrons. The molecule has 0 unspecified atom stereocenters. The molecular weight excluding hydrogens is 160 g/mol. The summed E-state index contributed by atoms with van der Waals surface area (Å²) in [5.41, 5.74) is -0.629. The number of rotatable bonds is 2. The normalized spacial score (nSPS) is 14.7. The molecule has 12 heavy (non-hydrogen) atoms. The number of carbonyl (C=O) groups is 1. The molecule has 0 amide bonds. The molecule has 1 aromatic carbocycles. The molecule has 4 heteroatoms. The number of aliphatic carboxylic acids is 1. The van der Waals surface area contributed by atoms with Crippen LogP contribution in [0.5, 0.6) is 0 Å². The SMILES string of the molecule is [2H]c1ccc(C(O)(O)C(=O)O)c([2H])c1[2H]. The van der Waals surface area contributed by atoms with Crippen LogP contribution in [0.1, 0.15) is 9.68 Å². The van der Waals surface area contributed by atoms with Crippen molar-refractivity contribution in [2.24, 2.45) is 0 Å². The maximum atomic E-state index is 10.5. The monoisotopic (exact) mass is 171 g/mol. The van der Waals surface area contributed by atoms with Crippen molar-refractivity contribution >= 4 is 5.97 Å². The Hall–Kier alpha value is -1.39. The Balaban J connectivity index is 3.40. The Morgan fingerprint density at radius 2 is 2.17 bits per heavy atom. The van der Waals surface area contributed by atoms with Crippen molar-refractivity contribution in [1.82, 2.24) is 0 Å². The largest absolute Gasteiger partial charge is 0.477 e. The zero-order chi connectivity index (χ0) is 11.8. The summed E-state index contributed by atoms with van der Waals surface area (Å²) in [5.74, 6) is -5.14. The van der Waals surface area contributed by atoms with Gasteiger partial charge in [0.25, 0.3) is 5.79 Å². The highest BCUT2D eigenvalue weighted by Gasteiger charge is 2.34. The standard InChI is InChI=1S/C8H8O4/c9-7(10)8(11,12)6-4-2-1-3-5-6/h1-5,11-12H,(H,9,10)/i1D,2D,4D. The fraction of sp³-hybridized carbons (Fsp3) is 0.125. The van der Waals surface area contributed by atoms with Crippen LogP contribution in [0, 0.1) is 0 Å². The lowest BCUT2D eigenvalue weighted by Gasteiger charge is -2.15. The second-order valence-corrected chi connectivity index (χ2v) is 2.12. The Labute approximate surface area is 72.9 Å². The third-order valence-corrected chi connectivity index (χ3v) is 1.28. The molecule has 0 bridgehead atoms. The van der Waals surface area contributed by atoms with E-state index in [0.717, 1.165) is 12.1 Å². The molecule has 3 N–H and O–H groups in total. The lowest BCUT2D eigenvalue weighted by atomic mass is 10.1. The molecule has 0 heterocycles. The van der Waals surface area contributed by atoms with Gasteiger partial charge in [-0.2, -0.15) is 0 Å². The molecular formula is C8H8O4. The van der Waals surface area contributed by atoms with E-state index < -0.39 is 29.4 Å². The van der Waals surface area contributed by atoms with Crippen LogP contribution < -0.4 is 0 Å². The summed E-state index contributed by atoms with van der Waals surface area (Å²) in [7, 11) is 0. The van der Waals surface area contributed by atoms with Crippen molar-refractivity contribution in [3.05, 3.63) is 35.8 Å². The van der Waals surface area contributed by atoms with E-state index in [1.165, 1.54) is 0 Å². The van der Waals surface area contributed by atoms with E-state index in [1.54, 1.807) is 0 Å². The summed E-state index contributed by atoms with van der Waals surface area (Å²) in [4.78, 5) is 10.5. The van der Waals surface area contributed by atoms with Crippen molar-refractivity contribution in [3.63, 3.8) is 0 Å². The molecule has 4 nitrogen and oxygen atoms in total. The fourth-order valence-corrected chi connectivity index (χ4v) is 0.630. The third kappa shape index (κ3) is 1.44. The van der Waals surface area contributed by atoms with Gasteiger partial charge >= 0.3 is 5.97 Å². The highest BCUT2D eigenvalue weighted by Crippen LogP contribution is 2.16. The van der Waals surface area contributed by atoms with Crippen molar-refractivity contribution in [1.29, 1.82) is 0 Å². The van der Waals surface area contributed by atoms with Crippen molar-refractivity contribution in [2.45, 2.75) is 5.79 Å². The van der Waals surface area contributed by atoms with Crippen molar-refractivity contribution in [3.8, 4) is 0 Å². The van der Waals surface area contributed by atoms with E-state index in [9.17, 15) is 4.79 Å². The Morgan fingerprint density at radius 3 is 2.75 bits per heavy atom. The molecule has 0 atom stereocenters. The summed E-state index contributed by atoms with van der Waals surface area (Å²) in [6.07, 6.45) is 0. The summed E-state index contributed by atoms with van der Waals surface area (Å²) >= 11 is 0. The van der Waals surface area contributed by atoms with Gasteiger partial charge in [0.15, 0.2) is 0 Å². The van der Waals surface area contributed by atoms with E-state index in [0.29, 0.717) is 0 Å². The number of benzene rings is 1. The molecule has 64 valence electrons. The zero-order valence-corrected chi connectivity index (χ0v) is 5.90. The molecule has 0 aliphatic rings. The van der Waals surface area contributed by atoms with Crippen LogP contribution in [0.2, 0.25) is 0 Å². The van der Waals surface area contributed by atoms with E-state index in [2.05, 4.69) is 0 Å². The predicted molar refractivity (Wildman–Crippen MR) is 40.2 cm³/mol. The smallest absolute Gasteiger partial charge is 0.369 e. The highest BCUT2D eigenvalue weighted by molar-refractivity contribution is 5.76. The summed E-state index contributed by atoms with van der Waals surface area (Å²) < 4.78 is 21.7. The summed E-state index contributed by atoms with van der Waals surface area (Å²) in [6, 6.07) is 0.428. The van der Waals surface area contributed by atoms with Gasteiger partial charge in [0.2, 0.25) is 0 Å². The van der Waals surface area contributed by atoms with Gasteiger partial charge in [-0.3, -0.25) is 0 Å². The Morgan fingerprint density at radius 1 is 1.50 bits per heavy atom. The molecule has 0 aliphatic heterocycles. The number of hydrogen-bond acceptors (Lipinski definition) is 3. The number of carboxylic acids is 1. The van der Waals surface area contributed by atoms with E-state index in [4.69, 9.17) is 19.4 Å². The maximum Gasteiger partial charge on any atom is 0.369 e. The average Bonchev–Trinajstić information content (AvgIpc) is 2.13. The van der Waals surface area contributed by atoms with Crippen molar-refractivity contribution < 1.29 is 24.2 Å². The first-order valence-electron chi connectivity index (χ1n) is 4.54. The quantitative estimate of drug-likeness (QED) is 0.543. The van der Waals surface area contributed by atoms with Crippen molar-refractivity contribution in [2.75, 3.05) is 0 Å². The van der Waals surface area contributed by atoms with Crippen LogP contribution in [0.25, 0.3) is 0 Å². The van der Waals surface area contributed by atoms with Crippen LogP contribution in [0.15, 0.2) is 30.3 Å². The van der Waals surface area contributed by atoms with Gasteiger partial charge < -0.3 is 15.3 Å². The first kappa shape index (κ1) is 5.29. The minimum atomic E-state index is -3.21. The predicted octanol–water partition coefficient (Wildman–Crippen LogP) is -0.0914. The van der Waals surface area contributed by atoms with Gasteiger partial charge in [-0.05, 0) is 0 Å². The minimum absolute atomic E-state index is 0.287. The lowest BCUT2D eigenvalue weighted by molar-refractivity contribution is -0.208. The Bertz CT molecular complexity index is 417. The molecule has 0 saturated carbocycles. The number of aliphatic hydroxyl groups is 2. The van der Waals surface area contributed by atoms with Crippen LogP contribution in [-0.2, 0) is 10.6 Å². The van der Waals surface area contributed by atoms with E-state index in [-0.39, 0.29) is 6.04 Å². The molecule has 0 fully saturated rings. The van der Waals surface area contributed by atoms with Crippen LogP contribution >= 0.6 is 0 Å². The van der Waals surface area contributed by atoms with Crippen LogP contribution in [0.4, 0.5) is 0 Å². The van der Waals surface area contributed by atoms with Gasteiger partial charge in [0.05, 0.1) is 4.11 Å². The Kier molecular flexibility index (Phi) is 1.29. The zero-order valence-electron chi connectivity index (χ0n) is 8.90. The van der Waals surface area contributed by atoms with Gasteiger partial charge in [0, 0.05) is 5.56 Å². The first-order chi connectivity index (χ1) is 6.78. The van der Waals surface area contributed by atoms with Crippen LogP contribution in [0.3, 0.4) is 0 Å². The molecule has 1 aromatic rings. The second kappa shape index (κ2) is 2.92. The van der Waals surface area contributed by atoms with Crippen LogP contribution in [-0.4, -0.2) is 21.3 Å². The summed E-state index contributed by atoms with van der Waals surface area (Å²) in [5, 5.41) is 26.8. The molecule has 0 aliphatic carbocycles. The van der Waals surface area contributed by atoms with Gasteiger partial charge in [-0.1, -0.05) is 30.3 Å². The topological polar surface area (TPSA) is 77.8 Å². The maximum absolute atomic E-state index is 10.5. The average molecular weight is 171 g/mol. The molecule has 0 spiro atoms. The van der Waals surface area contributed by atoms with Gasteiger partial charge in [-0.25, -0.2) is 4.79 Å². The molecule has 0 aromatic heterocycles. The molecule has 0 saturated heterocycles. The first-order valence-corrected chi connectivity index (χ1v) is 3.04. The van der Waals surface area contributed by atoms with Gasteiger partial charge in [-0.15, -0.1) is 0 Å². The van der Waals surface area contributed by atoms with E-state index >= 15 is 0 Å². The summed E-state index contributed by atoms with van der Waals surface area (Å²) in [6.45, 7) is 0. The fourth-order valence-electron chi connectivity index (χ4n) is 0.630. The highest BCUT2D eigenvalue weighted by atomic mass is 16.5. The third-order valence-electron chi connectivity index (χ3n) is 1.28. The minimum Gasteiger partial charge on any atom is -0.477 e.